The maximum atomic E-state index is 11.6. The van der Waals surface area contributed by atoms with Crippen molar-refractivity contribution in [2.75, 3.05) is 27.9 Å². The molecule has 0 bridgehead atoms. The predicted octanol–water partition coefficient (Wildman–Crippen LogP) is 4.70. The van der Waals surface area contributed by atoms with E-state index in [1.807, 2.05) is 0 Å². The van der Waals surface area contributed by atoms with Gasteiger partial charge < -0.3 is 13.3 Å². The maximum absolute atomic E-state index is 11.6. The van der Waals surface area contributed by atoms with Gasteiger partial charge in [0.25, 0.3) is 0 Å². The first-order valence-electron chi connectivity index (χ1n) is 8.20. The second-order valence-corrected chi connectivity index (χ2v) is 7.11. The average Bonchev–Trinajstić information content (AvgIpc) is 2.50. The molecule has 23 heavy (non-hydrogen) atoms. The molecule has 0 unspecified atom stereocenters. The van der Waals surface area contributed by atoms with Crippen LogP contribution in [0.2, 0.25) is 0 Å². The zero-order valence-corrected chi connectivity index (χ0v) is 16.1. The van der Waals surface area contributed by atoms with Gasteiger partial charge >= 0.3 is 15.9 Å². The first-order valence-corrected chi connectivity index (χ1v) is 9.61. The van der Waals surface area contributed by atoms with Crippen molar-refractivity contribution in [3.63, 3.8) is 0 Å². The van der Waals surface area contributed by atoms with E-state index in [0.29, 0.717) is 6.42 Å². The van der Waals surface area contributed by atoms with Crippen LogP contribution in [0.3, 0.4) is 0 Å². The van der Waals surface area contributed by atoms with Gasteiger partial charge in [-0.2, -0.15) is 0 Å². The minimum Gasteiger partial charge on any atom is -0.379 e. The molecule has 0 radical (unpaired) electrons. The summed E-state index contributed by atoms with van der Waals surface area (Å²) in [5.41, 5.74) is 0. The van der Waals surface area contributed by atoms with Gasteiger partial charge in [0.15, 0.2) is 0 Å². The number of ether oxygens (including phenoxy) is 1. The molecule has 0 heterocycles. The fourth-order valence-electron chi connectivity index (χ4n) is 1.89. The quantitative estimate of drug-likeness (QED) is 0.352. The van der Waals surface area contributed by atoms with E-state index in [2.05, 4.69) is 11.7 Å². The van der Waals surface area contributed by atoms with Crippen molar-refractivity contribution in [1.82, 2.24) is 0 Å². The third-order valence-corrected chi connectivity index (χ3v) is 4.25. The van der Waals surface area contributed by atoms with E-state index >= 15 is 0 Å². The van der Waals surface area contributed by atoms with Crippen LogP contribution in [0.1, 0.15) is 64.7 Å². The van der Waals surface area contributed by atoms with Crippen LogP contribution in [0.15, 0.2) is 0 Å². The van der Waals surface area contributed by atoms with E-state index < -0.39 is 15.9 Å². The molecule has 0 aromatic heterocycles. The summed E-state index contributed by atoms with van der Waals surface area (Å²) >= 11 is 0. The smallest absolute Gasteiger partial charge is 0.379 e. The SMILES string of the molecule is CCCCCCCCCCCOC(F)(F)F.CO[SiH](OC)OC. The number of hydrogen-bond acceptors (Lipinski definition) is 4. The maximum Gasteiger partial charge on any atom is 0.522 e. The summed E-state index contributed by atoms with van der Waals surface area (Å²) in [7, 11) is 3.05. The van der Waals surface area contributed by atoms with Gasteiger partial charge in [-0.1, -0.05) is 58.3 Å². The largest absolute Gasteiger partial charge is 0.522 e. The van der Waals surface area contributed by atoms with Gasteiger partial charge in [0, 0.05) is 21.3 Å². The van der Waals surface area contributed by atoms with E-state index in [9.17, 15) is 13.2 Å². The highest BCUT2D eigenvalue weighted by Crippen LogP contribution is 2.17. The molecule has 0 saturated carbocycles. The third kappa shape index (κ3) is 24.2. The van der Waals surface area contributed by atoms with Crippen LogP contribution < -0.4 is 0 Å². The minimum atomic E-state index is -4.46. The van der Waals surface area contributed by atoms with Crippen LogP contribution >= 0.6 is 0 Å². The molecule has 0 aliphatic heterocycles. The number of alkyl halides is 3. The Labute approximate surface area is 140 Å². The third-order valence-electron chi connectivity index (χ3n) is 3.09. The van der Waals surface area contributed by atoms with Crippen molar-refractivity contribution in [3.8, 4) is 0 Å². The molecule has 0 aromatic rings. The van der Waals surface area contributed by atoms with E-state index in [0.717, 1.165) is 19.3 Å². The van der Waals surface area contributed by atoms with E-state index in [1.54, 1.807) is 21.3 Å². The van der Waals surface area contributed by atoms with Gasteiger partial charge in [0.2, 0.25) is 0 Å². The standard InChI is InChI=1S/C12H23F3O.C3H10O3Si/c1-2-3-4-5-6-7-8-9-10-11-16-12(13,14)15;1-4-7(5-2)6-3/h2-11H2,1H3;7H,1-3H3. The molecular formula is C15H33F3O4Si. The molecule has 142 valence electrons. The van der Waals surface area contributed by atoms with Crippen LogP contribution in [-0.2, 0) is 18.0 Å². The average molecular weight is 363 g/mol. The van der Waals surface area contributed by atoms with E-state index in [-0.39, 0.29) is 6.61 Å². The molecule has 0 atom stereocenters. The Kier molecular flexibility index (Phi) is 19.8. The summed E-state index contributed by atoms with van der Waals surface area (Å²) in [6, 6.07) is 0. The van der Waals surface area contributed by atoms with Gasteiger partial charge in [-0.05, 0) is 6.42 Å². The number of halogens is 3. The van der Waals surface area contributed by atoms with Crippen LogP contribution in [0, 0.1) is 0 Å². The first kappa shape index (κ1) is 25.1. The molecule has 0 saturated heterocycles. The Morgan fingerprint density at radius 2 is 1.09 bits per heavy atom. The minimum absolute atomic E-state index is 0.195. The zero-order chi connectivity index (χ0) is 18.0. The molecule has 4 nitrogen and oxygen atoms in total. The Bertz CT molecular complexity index is 222. The normalized spacial score (nSPS) is 11.5. The second kappa shape index (κ2) is 18.2. The molecule has 0 rings (SSSR count). The number of rotatable bonds is 13. The molecule has 0 N–H and O–H groups in total. The topological polar surface area (TPSA) is 36.9 Å². The van der Waals surface area contributed by atoms with Gasteiger partial charge in [-0.15, -0.1) is 13.2 Å². The van der Waals surface area contributed by atoms with Gasteiger partial charge in [-0.3, -0.25) is 4.74 Å². The number of hydrogen-bond donors (Lipinski definition) is 0. The molecule has 0 spiro atoms. The molecule has 0 aromatic carbocycles. The van der Waals surface area contributed by atoms with Crippen molar-refractivity contribution in [1.29, 1.82) is 0 Å². The lowest BCUT2D eigenvalue weighted by molar-refractivity contribution is -0.324. The molecular weight excluding hydrogens is 329 g/mol. The Morgan fingerprint density at radius 3 is 1.39 bits per heavy atom. The fourth-order valence-corrected chi connectivity index (χ4v) is 2.47. The zero-order valence-electron chi connectivity index (χ0n) is 14.9. The highest BCUT2D eigenvalue weighted by molar-refractivity contribution is 6.36. The van der Waals surface area contributed by atoms with Crippen LogP contribution in [-0.4, -0.2) is 43.8 Å². The Morgan fingerprint density at radius 1 is 0.696 bits per heavy atom. The predicted molar refractivity (Wildman–Crippen MR) is 87.4 cm³/mol. The van der Waals surface area contributed by atoms with Crippen molar-refractivity contribution in [2.24, 2.45) is 0 Å². The van der Waals surface area contributed by atoms with Crippen LogP contribution in [0.4, 0.5) is 13.2 Å². The van der Waals surface area contributed by atoms with Crippen LogP contribution in [0.5, 0.6) is 0 Å². The lowest BCUT2D eigenvalue weighted by atomic mass is 10.1. The van der Waals surface area contributed by atoms with Crippen LogP contribution in [0.25, 0.3) is 0 Å². The summed E-state index contributed by atoms with van der Waals surface area (Å²) in [5, 5.41) is 0. The molecule has 0 aliphatic rings. The second-order valence-electron chi connectivity index (χ2n) is 5.12. The first-order chi connectivity index (χ1) is 10.9. The highest BCUT2D eigenvalue weighted by Gasteiger charge is 2.28. The molecule has 0 amide bonds. The Hall–Kier alpha value is -0.153. The van der Waals surface area contributed by atoms with Gasteiger partial charge in [-0.25, -0.2) is 0 Å². The van der Waals surface area contributed by atoms with Gasteiger partial charge in [0.05, 0.1) is 6.61 Å². The summed E-state index contributed by atoms with van der Waals surface area (Å²) in [4.78, 5) is 0. The summed E-state index contributed by atoms with van der Waals surface area (Å²) in [5.74, 6) is 0. The van der Waals surface area contributed by atoms with Gasteiger partial charge in [0.1, 0.15) is 0 Å². The lowest BCUT2D eigenvalue weighted by Crippen LogP contribution is -2.21. The van der Waals surface area contributed by atoms with Crippen molar-refractivity contribution < 1.29 is 31.2 Å². The fraction of sp³-hybridized carbons (Fsp3) is 1.00. The van der Waals surface area contributed by atoms with Crippen molar-refractivity contribution in [3.05, 3.63) is 0 Å². The summed E-state index contributed by atoms with van der Waals surface area (Å²) in [6.07, 6.45) is 5.33. The Balaban J connectivity index is 0. The highest BCUT2D eigenvalue weighted by atomic mass is 28.3. The lowest BCUT2D eigenvalue weighted by Gasteiger charge is -2.06. The van der Waals surface area contributed by atoms with Crippen molar-refractivity contribution in [2.45, 2.75) is 71.1 Å². The summed E-state index contributed by atoms with van der Waals surface area (Å²) in [6.45, 7) is 1.99. The molecule has 0 aliphatic carbocycles. The number of unbranched alkanes of at least 4 members (excludes halogenated alkanes) is 8. The monoisotopic (exact) mass is 362 g/mol. The van der Waals surface area contributed by atoms with E-state index in [4.69, 9.17) is 13.3 Å². The van der Waals surface area contributed by atoms with E-state index in [1.165, 1.54) is 32.1 Å². The molecule has 0 fully saturated rings. The summed E-state index contributed by atoms with van der Waals surface area (Å²) < 4.78 is 52.7. The van der Waals surface area contributed by atoms with Crippen molar-refractivity contribution >= 4 is 9.53 Å². The molecule has 8 heteroatoms.